The van der Waals surface area contributed by atoms with Gasteiger partial charge in [-0.1, -0.05) is 30.3 Å². The summed E-state index contributed by atoms with van der Waals surface area (Å²) in [7, 11) is 0. The average molecular weight is 337 g/mol. The highest BCUT2D eigenvalue weighted by molar-refractivity contribution is 5.79. The Morgan fingerprint density at radius 2 is 2.00 bits per heavy atom. The summed E-state index contributed by atoms with van der Waals surface area (Å²) in [5.41, 5.74) is 4.06. The first-order valence-corrected chi connectivity index (χ1v) is 8.59. The Balaban J connectivity index is 1.70. The molecule has 1 aliphatic rings. The third kappa shape index (κ3) is 4.05. The normalized spacial score (nSPS) is 16.2. The maximum atomic E-state index is 12.5. The van der Waals surface area contributed by atoms with Gasteiger partial charge < -0.3 is 10.2 Å². The molecule has 0 radical (unpaired) electrons. The van der Waals surface area contributed by atoms with Crippen molar-refractivity contribution in [2.75, 3.05) is 6.54 Å². The summed E-state index contributed by atoms with van der Waals surface area (Å²) < 4.78 is 0. The molecule has 3 rings (SSSR count). The highest BCUT2D eigenvalue weighted by atomic mass is 16.2. The Morgan fingerprint density at radius 1 is 1.20 bits per heavy atom. The zero-order valence-corrected chi connectivity index (χ0v) is 14.7. The van der Waals surface area contributed by atoms with Gasteiger partial charge in [0.1, 0.15) is 0 Å². The van der Waals surface area contributed by atoms with E-state index in [4.69, 9.17) is 0 Å². The van der Waals surface area contributed by atoms with Crippen LogP contribution >= 0.6 is 0 Å². The SMILES string of the molecule is CC(=O)N1CCc2ccccc2C1CC(=O)NCc1cccc(C)n1. The number of carbonyl (C=O) groups is 2. The van der Waals surface area contributed by atoms with Gasteiger partial charge in [0.15, 0.2) is 0 Å². The number of nitrogens with one attached hydrogen (secondary N) is 1. The number of aromatic nitrogens is 1. The first-order chi connectivity index (χ1) is 12.0. The van der Waals surface area contributed by atoms with Gasteiger partial charge in [-0.15, -0.1) is 0 Å². The van der Waals surface area contributed by atoms with E-state index < -0.39 is 0 Å². The molecule has 2 aromatic rings. The molecule has 2 amide bonds. The first-order valence-electron chi connectivity index (χ1n) is 8.59. The van der Waals surface area contributed by atoms with E-state index >= 15 is 0 Å². The van der Waals surface area contributed by atoms with E-state index in [0.29, 0.717) is 13.1 Å². The van der Waals surface area contributed by atoms with Gasteiger partial charge in [0, 0.05) is 19.2 Å². The molecule has 0 spiro atoms. The molecule has 130 valence electrons. The lowest BCUT2D eigenvalue weighted by Crippen LogP contribution is -2.41. The minimum absolute atomic E-state index is 0.00709. The molecule has 1 aliphatic heterocycles. The topological polar surface area (TPSA) is 62.3 Å². The Labute approximate surface area is 148 Å². The van der Waals surface area contributed by atoms with Crippen LogP contribution in [0.4, 0.5) is 0 Å². The fourth-order valence-electron chi connectivity index (χ4n) is 3.38. The van der Waals surface area contributed by atoms with Crippen molar-refractivity contribution >= 4 is 11.8 Å². The van der Waals surface area contributed by atoms with E-state index in [1.807, 2.05) is 43.3 Å². The van der Waals surface area contributed by atoms with E-state index in [1.54, 1.807) is 11.8 Å². The number of hydrogen-bond acceptors (Lipinski definition) is 3. The van der Waals surface area contributed by atoms with Gasteiger partial charge in [-0.3, -0.25) is 14.6 Å². The highest BCUT2D eigenvalue weighted by Gasteiger charge is 2.30. The minimum Gasteiger partial charge on any atom is -0.350 e. The summed E-state index contributed by atoms with van der Waals surface area (Å²) in [4.78, 5) is 30.7. The second kappa shape index (κ2) is 7.47. The molecule has 25 heavy (non-hydrogen) atoms. The summed E-state index contributed by atoms with van der Waals surface area (Å²) in [5, 5.41) is 2.92. The molecule has 0 saturated heterocycles. The van der Waals surface area contributed by atoms with Gasteiger partial charge in [-0.2, -0.15) is 0 Å². The molecule has 2 heterocycles. The molecule has 1 atom stereocenters. The summed E-state index contributed by atoms with van der Waals surface area (Å²) in [6, 6.07) is 13.6. The Kier molecular flexibility index (Phi) is 5.12. The van der Waals surface area contributed by atoms with Gasteiger partial charge in [0.25, 0.3) is 0 Å². The summed E-state index contributed by atoms with van der Waals surface area (Å²) >= 11 is 0. The molecule has 0 saturated carbocycles. The molecular formula is C20H23N3O2. The number of aryl methyl sites for hydroxylation is 1. The number of amides is 2. The van der Waals surface area contributed by atoms with Crippen LogP contribution in [0.2, 0.25) is 0 Å². The predicted octanol–water partition coefficient (Wildman–Crippen LogP) is 2.54. The number of carbonyl (C=O) groups excluding carboxylic acids is 2. The Bertz CT molecular complexity index is 788. The largest absolute Gasteiger partial charge is 0.350 e. The lowest BCUT2D eigenvalue weighted by Gasteiger charge is -2.36. The molecule has 1 N–H and O–H groups in total. The highest BCUT2D eigenvalue weighted by Crippen LogP contribution is 2.32. The van der Waals surface area contributed by atoms with Crippen LogP contribution in [0.25, 0.3) is 0 Å². The van der Waals surface area contributed by atoms with Gasteiger partial charge in [0.05, 0.1) is 24.7 Å². The summed E-state index contributed by atoms with van der Waals surface area (Å²) in [5.74, 6) is -0.0658. The smallest absolute Gasteiger partial charge is 0.222 e. The van der Waals surface area contributed by atoms with Gasteiger partial charge in [-0.25, -0.2) is 0 Å². The van der Waals surface area contributed by atoms with Crippen molar-refractivity contribution in [3.8, 4) is 0 Å². The van der Waals surface area contributed by atoms with Gasteiger partial charge >= 0.3 is 0 Å². The van der Waals surface area contributed by atoms with Crippen molar-refractivity contribution < 1.29 is 9.59 Å². The molecular weight excluding hydrogens is 314 g/mol. The van der Waals surface area contributed by atoms with Crippen LogP contribution in [0.1, 0.15) is 41.9 Å². The summed E-state index contributed by atoms with van der Waals surface area (Å²) in [6.45, 7) is 4.54. The summed E-state index contributed by atoms with van der Waals surface area (Å²) in [6.07, 6.45) is 1.10. The zero-order chi connectivity index (χ0) is 17.8. The predicted molar refractivity (Wildman–Crippen MR) is 95.7 cm³/mol. The van der Waals surface area contributed by atoms with Crippen molar-refractivity contribution in [3.63, 3.8) is 0 Å². The monoisotopic (exact) mass is 337 g/mol. The first kappa shape index (κ1) is 17.1. The second-order valence-corrected chi connectivity index (χ2v) is 6.43. The maximum absolute atomic E-state index is 12.5. The number of nitrogens with zero attached hydrogens (tertiary/aromatic N) is 2. The van der Waals surface area contributed by atoms with Gasteiger partial charge in [-0.05, 0) is 36.6 Å². The second-order valence-electron chi connectivity index (χ2n) is 6.43. The number of rotatable bonds is 4. The van der Waals surface area contributed by atoms with E-state index in [2.05, 4.69) is 16.4 Å². The number of hydrogen-bond donors (Lipinski definition) is 1. The van der Waals surface area contributed by atoms with Crippen LogP contribution in [0, 0.1) is 6.92 Å². The minimum atomic E-state index is -0.201. The molecule has 0 bridgehead atoms. The fourth-order valence-corrected chi connectivity index (χ4v) is 3.38. The molecule has 0 aliphatic carbocycles. The van der Waals surface area contributed by atoms with Crippen molar-refractivity contribution in [1.82, 2.24) is 15.2 Å². The quantitative estimate of drug-likeness (QED) is 0.932. The number of benzene rings is 1. The van der Waals surface area contributed by atoms with Crippen LogP contribution in [0.5, 0.6) is 0 Å². The number of pyridine rings is 1. The van der Waals surface area contributed by atoms with Crippen molar-refractivity contribution in [1.29, 1.82) is 0 Å². The Morgan fingerprint density at radius 3 is 2.76 bits per heavy atom. The van der Waals surface area contributed by atoms with E-state index in [-0.39, 0.29) is 24.3 Å². The van der Waals surface area contributed by atoms with Crippen LogP contribution in [0.15, 0.2) is 42.5 Å². The third-order valence-electron chi connectivity index (χ3n) is 4.61. The van der Waals surface area contributed by atoms with Crippen LogP contribution in [-0.2, 0) is 22.6 Å². The fraction of sp³-hybridized carbons (Fsp3) is 0.350. The van der Waals surface area contributed by atoms with Crippen LogP contribution in [0.3, 0.4) is 0 Å². The molecule has 0 fully saturated rings. The molecule has 5 nitrogen and oxygen atoms in total. The Hall–Kier alpha value is -2.69. The van der Waals surface area contributed by atoms with E-state index in [1.165, 1.54) is 5.56 Å². The number of fused-ring (bicyclic) bond motifs is 1. The lowest BCUT2D eigenvalue weighted by molar-refractivity contribution is -0.133. The molecule has 1 aromatic carbocycles. The molecule has 1 aromatic heterocycles. The maximum Gasteiger partial charge on any atom is 0.222 e. The van der Waals surface area contributed by atoms with Crippen LogP contribution in [-0.4, -0.2) is 28.2 Å². The van der Waals surface area contributed by atoms with E-state index in [0.717, 1.165) is 23.4 Å². The average Bonchev–Trinajstić information content (AvgIpc) is 2.60. The lowest BCUT2D eigenvalue weighted by atomic mass is 9.90. The third-order valence-corrected chi connectivity index (χ3v) is 4.61. The zero-order valence-electron chi connectivity index (χ0n) is 14.7. The van der Waals surface area contributed by atoms with Crippen molar-refractivity contribution in [2.24, 2.45) is 0 Å². The molecule has 1 unspecified atom stereocenters. The standard InChI is InChI=1S/C20H23N3O2/c1-14-6-5-8-17(22-14)13-21-20(25)12-19-18-9-4-3-7-16(18)10-11-23(19)15(2)24/h3-9,19H,10-13H2,1-2H3,(H,21,25). The van der Waals surface area contributed by atoms with Crippen LogP contribution < -0.4 is 5.32 Å². The van der Waals surface area contributed by atoms with E-state index in [9.17, 15) is 9.59 Å². The van der Waals surface area contributed by atoms with Crippen molar-refractivity contribution in [2.45, 2.75) is 39.3 Å². The van der Waals surface area contributed by atoms with Crippen molar-refractivity contribution in [3.05, 3.63) is 65.0 Å². The molecule has 5 heteroatoms. The van der Waals surface area contributed by atoms with Gasteiger partial charge in [0.2, 0.25) is 11.8 Å².